The van der Waals surface area contributed by atoms with E-state index in [1.165, 1.54) is 23.7 Å². The van der Waals surface area contributed by atoms with Gasteiger partial charge in [0.15, 0.2) is 0 Å². The highest BCUT2D eigenvalue weighted by atomic mass is 32.1. The molecule has 1 N–H and O–H groups in total. The van der Waals surface area contributed by atoms with Crippen LogP contribution in [0.2, 0.25) is 0 Å². The van der Waals surface area contributed by atoms with Gasteiger partial charge in [0.05, 0.1) is 5.56 Å². The maximum absolute atomic E-state index is 11.6. The number of nitrogens with one attached hydrogen (secondary N) is 1. The van der Waals surface area contributed by atoms with E-state index in [0.29, 0.717) is 10.6 Å². The Morgan fingerprint density at radius 3 is 3.00 bits per heavy atom. The van der Waals surface area contributed by atoms with Gasteiger partial charge in [0, 0.05) is 24.5 Å². The summed E-state index contributed by atoms with van der Waals surface area (Å²) in [7, 11) is 0. The van der Waals surface area contributed by atoms with Crippen LogP contribution in [0.4, 0.5) is 5.00 Å². The minimum absolute atomic E-state index is 0.394. The molecule has 2 heterocycles. The zero-order valence-electron chi connectivity index (χ0n) is 9.61. The Labute approximate surface area is 112 Å². The van der Waals surface area contributed by atoms with Crippen LogP contribution in [0.3, 0.4) is 0 Å². The van der Waals surface area contributed by atoms with Gasteiger partial charge in [0.1, 0.15) is 11.1 Å². The summed E-state index contributed by atoms with van der Waals surface area (Å²) in [6, 6.07) is 5.18. The van der Waals surface area contributed by atoms with Crippen molar-refractivity contribution in [3.8, 4) is 6.07 Å². The number of allylic oxidation sites excluding steroid dienone is 1. The molecule has 0 aliphatic rings. The van der Waals surface area contributed by atoms with Gasteiger partial charge >= 0.3 is 0 Å². The number of amides is 1. The molecule has 94 valence electrons. The van der Waals surface area contributed by atoms with Crippen LogP contribution in [0.25, 0.3) is 0 Å². The largest absolute Gasteiger partial charge is 0.313 e. The molecule has 0 spiro atoms. The first kappa shape index (κ1) is 12.7. The summed E-state index contributed by atoms with van der Waals surface area (Å²) in [6.45, 7) is 0. The van der Waals surface area contributed by atoms with E-state index in [4.69, 9.17) is 5.26 Å². The SMILES string of the molecule is N#Cc1ccsc1NC(=O)C=CC(=O)n1cccn1. The van der Waals surface area contributed by atoms with Crippen LogP contribution in [0.1, 0.15) is 10.4 Å². The highest BCUT2D eigenvalue weighted by Crippen LogP contribution is 2.21. The summed E-state index contributed by atoms with van der Waals surface area (Å²) < 4.78 is 1.11. The second kappa shape index (κ2) is 5.75. The lowest BCUT2D eigenvalue weighted by Gasteiger charge is -1.98. The lowest BCUT2D eigenvalue weighted by Crippen LogP contribution is -2.11. The fourth-order valence-corrected chi connectivity index (χ4v) is 2.01. The molecule has 2 rings (SSSR count). The van der Waals surface area contributed by atoms with Crippen molar-refractivity contribution in [2.24, 2.45) is 0 Å². The smallest absolute Gasteiger partial charge is 0.271 e. The van der Waals surface area contributed by atoms with Gasteiger partial charge in [-0.25, -0.2) is 4.68 Å². The average Bonchev–Trinajstić information content (AvgIpc) is 3.06. The Hall–Kier alpha value is -2.72. The van der Waals surface area contributed by atoms with Gasteiger partial charge < -0.3 is 5.32 Å². The zero-order chi connectivity index (χ0) is 13.7. The molecule has 6 nitrogen and oxygen atoms in total. The Morgan fingerprint density at radius 2 is 2.32 bits per heavy atom. The molecular formula is C12H8N4O2S. The number of hydrogen-bond acceptors (Lipinski definition) is 5. The number of nitrogens with zero attached hydrogens (tertiary/aromatic N) is 3. The molecule has 0 saturated carbocycles. The van der Waals surface area contributed by atoms with E-state index in [1.807, 2.05) is 6.07 Å². The van der Waals surface area contributed by atoms with Crippen molar-refractivity contribution < 1.29 is 9.59 Å². The van der Waals surface area contributed by atoms with Crippen molar-refractivity contribution in [2.45, 2.75) is 0 Å². The van der Waals surface area contributed by atoms with Crippen molar-refractivity contribution >= 4 is 28.2 Å². The fourth-order valence-electron chi connectivity index (χ4n) is 1.27. The second-order valence-electron chi connectivity index (χ2n) is 3.39. The number of aromatic nitrogens is 2. The molecule has 0 bridgehead atoms. The Morgan fingerprint density at radius 1 is 1.47 bits per heavy atom. The third-order valence-electron chi connectivity index (χ3n) is 2.13. The lowest BCUT2D eigenvalue weighted by atomic mass is 10.3. The molecule has 0 atom stereocenters. The first-order valence-corrected chi connectivity index (χ1v) is 6.09. The zero-order valence-corrected chi connectivity index (χ0v) is 10.4. The molecule has 19 heavy (non-hydrogen) atoms. The number of anilines is 1. The van der Waals surface area contributed by atoms with Crippen molar-refractivity contribution in [3.63, 3.8) is 0 Å². The average molecular weight is 272 g/mol. The molecular weight excluding hydrogens is 264 g/mol. The summed E-state index contributed by atoms with van der Waals surface area (Å²) in [5.41, 5.74) is 0.394. The van der Waals surface area contributed by atoms with Crippen molar-refractivity contribution in [1.29, 1.82) is 5.26 Å². The first-order chi connectivity index (χ1) is 9.20. The van der Waals surface area contributed by atoms with Gasteiger partial charge in [-0.2, -0.15) is 10.4 Å². The third kappa shape index (κ3) is 3.14. The topological polar surface area (TPSA) is 87.8 Å². The minimum atomic E-state index is -0.473. The van der Waals surface area contributed by atoms with Crippen LogP contribution in [-0.2, 0) is 4.79 Å². The fraction of sp³-hybridized carbons (Fsp3) is 0. The van der Waals surface area contributed by atoms with E-state index < -0.39 is 11.8 Å². The molecule has 1 amide bonds. The van der Waals surface area contributed by atoms with E-state index in [0.717, 1.165) is 16.8 Å². The van der Waals surface area contributed by atoms with Crippen molar-refractivity contribution in [3.05, 3.63) is 47.6 Å². The van der Waals surface area contributed by atoms with Gasteiger partial charge in [0.25, 0.3) is 5.91 Å². The van der Waals surface area contributed by atoms with Crippen LogP contribution >= 0.6 is 11.3 Å². The molecule has 7 heteroatoms. The maximum Gasteiger partial charge on any atom is 0.271 e. The number of rotatable bonds is 3. The van der Waals surface area contributed by atoms with E-state index >= 15 is 0 Å². The van der Waals surface area contributed by atoms with Gasteiger partial charge in [-0.3, -0.25) is 9.59 Å². The van der Waals surface area contributed by atoms with Gasteiger partial charge in [-0.05, 0) is 17.5 Å². The Kier molecular flexibility index (Phi) is 3.85. The van der Waals surface area contributed by atoms with Gasteiger partial charge in [0.2, 0.25) is 5.91 Å². The number of thiophene rings is 1. The molecule has 0 aromatic carbocycles. The highest BCUT2D eigenvalue weighted by molar-refractivity contribution is 7.14. The van der Waals surface area contributed by atoms with Crippen LogP contribution in [0, 0.1) is 11.3 Å². The molecule has 0 aliphatic carbocycles. The van der Waals surface area contributed by atoms with Crippen molar-refractivity contribution in [2.75, 3.05) is 5.32 Å². The summed E-state index contributed by atoms with van der Waals surface area (Å²) >= 11 is 1.24. The van der Waals surface area contributed by atoms with E-state index in [-0.39, 0.29) is 0 Å². The van der Waals surface area contributed by atoms with E-state index in [1.54, 1.807) is 17.5 Å². The van der Waals surface area contributed by atoms with Crippen LogP contribution in [0.15, 0.2) is 42.1 Å². The summed E-state index contributed by atoms with van der Waals surface area (Å²) in [4.78, 5) is 23.1. The standard InChI is InChI=1S/C12H8N4O2S/c13-8-9-4-7-19-12(9)15-10(17)2-3-11(18)16-6-1-5-14-16/h1-7H,(H,15,17). The third-order valence-corrected chi connectivity index (χ3v) is 2.96. The Bertz CT molecular complexity index is 664. The molecule has 0 saturated heterocycles. The quantitative estimate of drug-likeness (QED) is 0.860. The molecule has 2 aromatic rings. The van der Waals surface area contributed by atoms with Crippen molar-refractivity contribution in [1.82, 2.24) is 9.78 Å². The Balaban J connectivity index is 1.99. The van der Waals surface area contributed by atoms with Gasteiger partial charge in [-0.1, -0.05) is 0 Å². The van der Waals surface area contributed by atoms with Crippen LogP contribution in [-0.4, -0.2) is 21.6 Å². The molecule has 0 unspecified atom stereocenters. The highest BCUT2D eigenvalue weighted by Gasteiger charge is 2.06. The lowest BCUT2D eigenvalue weighted by molar-refractivity contribution is -0.111. The molecule has 2 aromatic heterocycles. The number of hydrogen-bond donors (Lipinski definition) is 1. The summed E-state index contributed by atoms with van der Waals surface area (Å²) in [5.74, 6) is -0.897. The summed E-state index contributed by atoms with van der Waals surface area (Å²) in [6.07, 6.45) is 5.17. The van der Waals surface area contributed by atoms with E-state index in [2.05, 4.69) is 10.4 Å². The molecule has 0 aliphatic heterocycles. The minimum Gasteiger partial charge on any atom is -0.313 e. The number of carbonyl (C=O) groups is 2. The maximum atomic E-state index is 11.6. The van der Waals surface area contributed by atoms with Crippen LogP contribution < -0.4 is 5.32 Å². The molecule has 0 fully saturated rings. The molecule has 0 radical (unpaired) electrons. The van der Waals surface area contributed by atoms with Gasteiger partial charge in [-0.15, -0.1) is 11.3 Å². The normalized spacial score (nSPS) is 10.3. The monoisotopic (exact) mass is 272 g/mol. The van der Waals surface area contributed by atoms with E-state index in [9.17, 15) is 9.59 Å². The first-order valence-electron chi connectivity index (χ1n) is 5.21. The predicted molar refractivity (Wildman–Crippen MR) is 69.7 cm³/mol. The predicted octanol–water partition coefficient (Wildman–Crippen LogP) is 1.65. The second-order valence-corrected chi connectivity index (χ2v) is 4.30. The number of nitriles is 1. The van der Waals surface area contributed by atoms with Crippen LogP contribution in [0.5, 0.6) is 0 Å². The number of carbonyl (C=O) groups excluding carboxylic acids is 2. The summed E-state index contributed by atoms with van der Waals surface area (Å²) in [5, 5.41) is 17.2.